The van der Waals surface area contributed by atoms with E-state index in [1.54, 1.807) is 23.9 Å². The van der Waals surface area contributed by atoms with Gasteiger partial charge in [-0.1, -0.05) is 54.6 Å². The van der Waals surface area contributed by atoms with E-state index in [2.05, 4.69) is 10.4 Å². The zero-order valence-corrected chi connectivity index (χ0v) is 18.2. The number of carbonyl (C=O) groups excluding carboxylic acids is 2. The molecule has 32 heavy (non-hydrogen) atoms. The second-order valence-electron chi connectivity index (χ2n) is 6.88. The molecule has 1 aromatic heterocycles. The van der Waals surface area contributed by atoms with Gasteiger partial charge in [0.1, 0.15) is 0 Å². The van der Waals surface area contributed by atoms with E-state index >= 15 is 0 Å². The predicted octanol–water partition coefficient (Wildman–Crippen LogP) is 5.06. The SMILES string of the molecule is CSc1cccc(NC(=O)COC(=O)c2cc(-c3ccccc3)nn2-c2ccccc2)c1. The molecule has 0 saturated carbocycles. The Labute approximate surface area is 190 Å². The van der Waals surface area contributed by atoms with E-state index in [0.717, 1.165) is 16.1 Å². The van der Waals surface area contributed by atoms with Crippen LogP contribution in [0.25, 0.3) is 16.9 Å². The molecule has 4 rings (SSSR count). The van der Waals surface area contributed by atoms with Crippen LogP contribution in [0.3, 0.4) is 0 Å². The Bertz CT molecular complexity index is 1220. The first-order chi connectivity index (χ1) is 15.6. The van der Waals surface area contributed by atoms with E-state index in [1.807, 2.05) is 85.1 Å². The van der Waals surface area contributed by atoms with E-state index < -0.39 is 18.5 Å². The van der Waals surface area contributed by atoms with Gasteiger partial charge in [-0.25, -0.2) is 9.48 Å². The maximum Gasteiger partial charge on any atom is 0.357 e. The van der Waals surface area contributed by atoms with Crippen LogP contribution in [0.15, 0.2) is 95.9 Å². The van der Waals surface area contributed by atoms with Crippen LogP contribution in [-0.2, 0) is 9.53 Å². The second kappa shape index (κ2) is 9.98. The minimum atomic E-state index is -0.628. The fourth-order valence-electron chi connectivity index (χ4n) is 3.15. The van der Waals surface area contributed by atoms with Crippen LogP contribution in [-0.4, -0.2) is 34.5 Å². The molecule has 0 atom stereocenters. The van der Waals surface area contributed by atoms with Gasteiger partial charge in [-0.15, -0.1) is 11.8 Å². The summed E-state index contributed by atoms with van der Waals surface area (Å²) in [6, 6.07) is 28.0. The number of nitrogens with zero attached hydrogens (tertiary/aromatic N) is 2. The number of rotatable bonds is 7. The molecule has 1 N–H and O–H groups in total. The van der Waals surface area contributed by atoms with Crippen molar-refractivity contribution in [2.24, 2.45) is 0 Å². The van der Waals surface area contributed by atoms with Gasteiger partial charge in [0, 0.05) is 16.1 Å². The Morgan fingerprint density at radius 1 is 0.938 bits per heavy atom. The van der Waals surface area contributed by atoms with Crippen LogP contribution in [0.2, 0.25) is 0 Å². The number of aromatic nitrogens is 2. The number of hydrogen-bond acceptors (Lipinski definition) is 5. The molecule has 6 nitrogen and oxygen atoms in total. The summed E-state index contributed by atoms with van der Waals surface area (Å²) in [6.07, 6.45) is 1.96. The van der Waals surface area contributed by atoms with E-state index in [1.165, 1.54) is 4.68 Å². The van der Waals surface area contributed by atoms with Crippen molar-refractivity contribution in [3.05, 3.63) is 96.7 Å². The molecule has 0 fully saturated rings. The van der Waals surface area contributed by atoms with Gasteiger partial charge in [0.25, 0.3) is 5.91 Å². The van der Waals surface area contributed by atoms with Gasteiger partial charge in [-0.3, -0.25) is 4.79 Å². The first-order valence-electron chi connectivity index (χ1n) is 9.96. The van der Waals surface area contributed by atoms with Crippen molar-refractivity contribution >= 4 is 29.3 Å². The molecule has 0 aliphatic heterocycles. The van der Waals surface area contributed by atoms with Crippen molar-refractivity contribution in [3.8, 4) is 16.9 Å². The van der Waals surface area contributed by atoms with Crippen LogP contribution in [0.4, 0.5) is 5.69 Å². The zero-order chi connectivity index (χ0) is 22.3. The molecule has 0 bridgehead atoms. The Morgan fingerprint density at radius 3 is 2.38 bits per heavy atom. The lowest BCUT2D eigenvalue weighted by Gasteiger charge is -2.09. The molecule has 7 heteroatoms. The van der Waals surface area contributed by atoms with Gasteiger partial charge in [-0.2, -0.15) is 5.10 Å². The zero-order valence-electron chi connectivity index (χ0n) is 17.4. The molecule has 0 saturated heterocycles. The molecular weight excluding hydrogens is 422 g/mol. The minimum Gasteiger partial charge on any atom is -0.451 e. The molecule has 1 heterocycles. The van der Waals surface area contributed by atoms with Crippen LogP contribution in [0, 0.1) is 0 Å². The smallest absolute Gasteiger partial charge is 0.357 e. The summed E-state index contributed by atoms with van der Waals surface area (Å²) < 4.78 is 6.85. The number of para-hydroxylation sites is 1. The highest BCUT2D eigenvalue weighted by atomic mass is 32.2. The van der Waals surface area contributed by atoms with Crippen LogP contribution in [0.1, 0.15) is 10.5 Å². The van der Waals surface area contributed by atoms with Gasteiger partial charge in [-0.05, 0) is 42.7 Å². The molecule has 1 amide bonds. The molecule has 0 radical (unpaired) electrons. The number of carbonyl (C=O) groups is 2. The van der Waals surface area contributed by atoms with Gasteiger partial charge in [0.2, 0.25) is 0 Å². The number of esters is 1. The third-order valence-electron chi connectivity index (χ3n) is 4.68. The number of thioether (sulfide) groups is 1. The summed E-state index contributed by atoms with van der Waals surface area (Å²) >= 11 is 1.58. The second-order valence-corrected chi connectivity index (χ2v) is 7.76. The molecule has 4 aromatic rings. The standard InChI is InChI=1S/C25H21N3O3S/c1-32-21-14-8-11-19(15-21)26-24(29)17-31-25(30)23-16-22(18-9-4-2-5-10-18)27-28(23)20-12-6-3-7-13-20/h2-16H,17H2,1H3,(H,26,29). The van der Waals surface area contributed by atoms with Crippen molar-refractivity contribution < 1.29 is 14.3 Å². The van der Waals surface area contributed by atoms with E-state index in [-0.39, 0.29) is 5.69 Å². The summed E-state index contributed by atoms with van der Waals surface area (Å²) in [5.74, 6) is -1.04. The summed E-state index contributed by atoms with van der Waals surface area (Å²) in [6.45, 7) is -0.400. The van der Waals surface area contributed by atoms with Crippen molar-refractivity contribution in [3.63, 3.8) is 0 Å². The number of nitrogens with one attached hydrogen (secondary N) is 1. The number of benzene rings is 3. The lowest BCUT2D eigenvalue weighted by Crippen LogP contribution is -2.22. The monoisotopic (exact) mass is 443 g/mol. The van der Waals surface area contributed by atoms with Crippen LogP contribution < -0.4 is 5.32 Å². The molecule has 160 valence electrons. The fraction of sp³-hybridized carbons (Fsp3) is 0.0800. The molecule has 3 aromatic carbocycles. The van der Waals surface area contributed by atoms with Crippen molar-refractivity contribution in [2.75, 3.05) is 18.2 Å². The van der Waals surface area contributed by atoms with Gasteiger partial charge in [0.15, 0.2) is 12.3 Å². The summed E-state index contributed by atoms with van der Waals surface area (Å²) in [4.78, 5) is 26.2. The Kier molecular flexibility index (Phi) is 6.67. The molecular formula is C25H21N3O3S. The van der Waals surface area contributed by atoms with E-state index in [4.69, 9.17) is 4.74 Å². The summed E-state index contributed by atoms with van der Waals surface area (Å²) in [7, 11) is 0. The first kappa shape index (κ1) is 21.4. The quantitative estimate of drug-likeness (QED) is 0.319. The summed E-state index contributed by atoms with van der Waals surface area (Å²) in [5.41, 5.74) is 3.13. The number of ether oxygens (including phenoxy) is 1. The third kappa shape index (κ3) is 5.07. The van der Waals surface area contributed by atoms with Gasteiger partial charge >= 0.3 is 5.97 Å². The molecule has 0 unspecified atom stereocenters. The van der Waals surface area contributed by atoms with Crippen molar-refractivity contribution in [1.82, 2.24) is 9.78 Å². The number of hydrogen-bond donors (Lipinski definition) is 1. The first-order valence-corrected chi connectivity index (χ1v) is 11.2. The lowest BCUT2D eigenvalue weighted by atomic mass is 10.1. The largest absolute Gasteiger partial charge is 0.451 e. The topological polar surface area (TPSA) is 73.2 Å². The lowest BCUT2D eigenvalue weighted by molar-refractivity contribution is -0.119. The highest BCUT2D eigenvalue weighted by Crippen LogP contribution is 2.22. The third-order valence-corrected chi connectivity index (χ3v) is 5.40. The van der Waals surface area contributed by atoms with Crippen molar-refractivity contribution in [2.45, 2.75) is 4.90 Å². The minimum absolute atomic E-state index is 0.243. The van der Waals surface area contributed by atoms with E-state index in [0.29, 0.717) is 11.4 Å². The average Bonchev–Trinajstić information content (AvgIpc) is 3.29. The number of anilines is 1. The maximum absolute atomic E-state index is 12.9. The van der Waals surface area contributed by atoms with Gasteiger partial charge in [0.05, 0.1) is 11.4 Å². The summed E-state index contributed by atoms with van der Waals surface area (Å²) in [5, 5.41) is 7.35. The molecule has 0 aliphatic carbocycles. The Balaban J connectivity index is 1.52. The fourth-order valence-corrected chi connectivity index (χ4v) is 3.60. The molecule has 0 aliphatic rings. The van der Waals surface area contributed by atoms with Gasteiger partial charge < -0.3 is 10.1 Å². The Hall–Kier alpha value is -3.84. The number of amides is 1. The normalized spacial score (nSPS) is 10.5. The van der Waals surface area contributed by atoms with Crippen LogP contribution >= 0.6 is 11.8 Å². The molecule has 0 spiro atoms. The van der Waals surface area contributed by atoms with Crippen molar-refractivity contribution in [1.29, 1.82) is 0 Å². The maximum atomic E-state index is 12.9. The predicted molar refractivity (Wildman–Crippen MR) is 126 cm³/mol. The Morgan fingerprint density at radius 2 is 1.66 bits per heavy atom. The highest BCUT2D eigenvalue weighted by molar-refractivity contribution is 7.98. The highest BCUT2D eigenvalue weighted by Gasteiger charge is 2.20. The van der Waals surface area contributed by atoms with E-state index in [9.17, 15) is 9.59 Å². The van der Waals surface area contributed by atoms with Crippen LogP contribution in [0.5, 0.6) is 0 Å². The average molecular weight is 444 g/mol.